The first-order chi connectivity index (χ1) is 8.33. The van der Waals surface area contributed by atoms with Crippen molar-refractivity contribution in [3.63, 3.8) is 0 Å². The van der Waals surface area contributed by atoms with Gasteiger partial charge in [-0.1, -0.05) is 0 Å². The predicted molar refractivity (Wildman–Crippen MR) is 63.7 cm³/mol. The number of aromatic nitrogens is 2. The van der Waals surface area contributed by atoms with Gasteiger partial charge in [0.25, 0.3) is 5.91 Å². The Morgan fingerprint density at radius 2 is 2.53 bits per heavy atom. The number of ether oxygens (including phenoxy) is 1. The Hall–Kier alpha value is -1.88. The molecule has 1 atom stereocenters. The summed E-state index contributed by atoms with van der Waals surface area (Å²) in [6.07, 6.45) is 4.91. The van der Waals surface area contributed by atoms with E-state index in [1.54, 1.807) is 6.20 Å². The summed E-state index contributed by atoms with van der Waals surface area (Å²) in [4.78, 5) is 19.0. The highest BCUT2D eigenvalue weighted by Crippen LogP contribution is 2.17. The van der Waals surface area contributed by atoms with E-state index in [1.165, 1.54) is 0 Å². The number of H-pyrrole nitrogens is 1. The number of amides is 1. The molecule has 1 unspecified atom stereocenters. The van der Waals surface area contributed by atoms with Crippen molar-refractivity contribution >= 4 is 22.6 Å². The van der Waals surface area contributed by atoms with Gasteiger partial charge in [0, 0.05) is 18.2 Å². The summed E-state index contributed by atoms with van der Waals surface area (Å²) in [6.45, 7) is 0.674. The number of nitrogens with one attached hydrogen (secondary N) is 2. The van der Waals surface area contributed by atoms with Crippen LogP contribution in [0.2, 0.25) is 0 Å². The van der Waals surface area contributed by atoms with E-state index in [2.05, 4.69) is 15.3 Å². The summed E-state index contributed by atoms with van der Waals surface area (Å²) in [7, 11) is 0. The lowest BCUT2D eigenvalue weighted by molar-refractivity contribution is -0.124. The van der Waals surface area contributed by atoms with Crippen LogP contribution in [-0.2, 0) is 9.53 Å². The molecule has 1 saturated heterocycles. The zero-order valence-corrected chi connectivity index (χ0v) is 9.27. The average molecular weight is 231 g/mol. The number of rotatable bonds is 2. The quantitative estimate of drug-likeness (QED) is 0.826. The Morgan fingerprint density at radius 3 is 3.35 bits per heavy atom. The molecular weight excluding hydrogens is 218 g/mol. The maximum Gasteiger partial charge on any atom is 0.253 e. The SMILES string of the molecule is O=C(Nc1cnc2[nH]ccc2c1)C1CCCO1. The van der Waals surface area contributed by atoms with E-state index in [4.69, 9.17) is 4.74 Å². The summed E-state index contributed by atoms with van der Waals surface area (Å²) >= 11 is 0. The van der Waals surface area contributed by atoms with Crippen LogP contribution in [0.25, 0.3) is 11.0 Å². The zero-order valence-electron chi connectivity index (χ0n) is 9.27. The molecule has 1 fully saturated rings. The minimum Gasteiger partial charge on any atom is -0.368 e. The van der Waals surface area contributed by atoms with Crippen molar-refractivity contribution in [3.05, 3.63) is 24.5 Å². The number of hydrogen-bond acceptors (Lipinski definition) is 3. The third-order valence-electron chi connectivity index (χ3n) is 2.89. The lowest BCUT2D eigenvalue weighted by atomic mass is 10.2. The van der Waals surface area contributed by atoms with Crippen molar-refractivity contribution in [2.75, 3.05) is 11.9 Å². The van der Waals surface area contributed by atoms with E-state index in [-0.39, 0.29) is 12.0 Å². The molecule has 1 aliphatic heterocycles. The highest BCUT2D eigenvalue weighted by molar-refractivity contribution is 5.95. The molecule has 0 saturated carbocycles. The lowest BCUT2D eigenvalue weighted by Crippen LogP contribution is -2.26. The van der Waals surface area contributed by atoms with Gasteiger partial charge in [0.15, 0.2) is 0 Å². The van der Waals surface area contributed by atoms with Gasteiger partial charge in [-0.15, -0.1) is 0 Å². The molecular formula is C12H13N3O2. The van der Waals surface area contributed by atoms with Crippen LogP contribution in [0.3, 0.4) is 0 Å². The predicted octanol–water partition coefficient (Wildman–Crippen LogP) is 1.68. The van der Waals surface area contributed by atoms with Crippen LogP contribution in [0.15, 0.2) is 24.5 Å². The molecule has 3 heterocycles. The van der Waals surface area contributed by atoms with Gasteiger partial charge in [0.05, 0.1) is 11.9 Å². The Balaban J connectivity index is 1.77. The van der Waals surface area contributed by atoms with Crippen LogP contribution in [0.4, 0.5) is 5.69 Å². The number of hydrogen-bond donors (Lipinski definition) is 2. The number of fused-ring (bicyclic) bond motifs is 1. The highest BCUT2D eigenvalue weighted by Gasteiger charge is 2.23. The van der Waals surface area contributed by atoms with Gasteiger partial charge in [-0.2, -0.15) is 0 Å². The van der Waals surface area contributed by atoms with E-state index >= 15 is 0 Å². The van der Waals surface area contributed by atoms with Gasteiger partial charge in [-0.05, 0) is 25.0 Å². The van der Waals surface area contributed by atoms with Crippen molar-refractivity contribution in [1.82, 2.24) is 9.97 Å². The Kier molecular flexibility index (Phi) is 2.53. The monoisotopic (exact) mass is 231 g/mol. The second kappa shape index (κ2) is 4.18. The fraction of sp³-hybridized carbons (Fsp3) is 0.333. The molecule has 0 aromatic carbocycles. The van der Waals surface area contributed by atoms with E-state index in [9.17, 15) is 4.79 Å². The average Bonchev–Trinajstić information content (AvgIpc) is 2.99. The van der Waals surface area contributed by atoms with Crippen LogP contribution in [-0.4, -0.2) is 28.6 Å². The Bertz CT molecular complexity index is 543. The number of aromatic amines is 1. The molecule has 0 radical (unpaired) electrons. The summed E-state index contributed by atoms with van der Waals surface area (Å²) in [5, 5.41) is 3.81. The minimum atomic E-state index is -0.308. The first-order valence-corrected chi connectivity index (χ1v) is 5.68. The largest absolute Gasteiger partial charge is 0.368 e. The van der Waals surface area contributed by atoms with Crippen molar-refractivity contribution in [3.8, 4) is 0 Å². The molecule has 5 heteroatoms. The Morgan fingerprint density at radius 1 is 1.59 bits per heavy atom. The molecule has 2 aromatic heterocycles. The summed E-state index contributed by atoms with van der Waals surface area (Å²) in [5.41, 5.74) is 1.53. The maximum absolute atomic E-state index is 11.8. The van der Waals surface area contributed by atoms with Crippen LogP contribution < -0.4 is 5.32 Å². The lowest BCUT2D eigenvalue weighted by Gasteiger charge is -2.09. The van der Waals surface area contributed by atoms with Gasteiger partial charge >= 0.3 is 0 Å². The van der Waals surface area contributed by atoms with E-state index < -0.39 is 0 Å². The van der Waals surface area contributed by atoms with Crippen LogP contribution in [0.1, 0.15) is 12.8 Å². The smallest absolute Gasteiger partial charge is 0.253 e. The van der Waals surface area contributed by atoms with Crippen molar-refractivity contribution in [2.45, 2.75) is 18.9 Å². The van der Waals surface area contributed by atoms with Gasteiger partial charge in [-0.25, -0.2) is 4.98 Å². The molecule has 17 heavy (non-hydrogen) atoms. The second-order valence-electron chi connectivity index (χ2n) is 4.13. The van der Waals surface area contributed by atoms with Gasteiger partial charge in [0.2, 0.25) is 0 Å². The van der Waals surface area contributed by atoms with Crippen LogP contribution in [0, 0.1) is 0 Å². The van der Waals surface area contributed by atoms with E-state index in [0.29, 0.717) is 12.3 Å². The van der Waals surface area contributed by atoms with Crippen molar-refractivity contribution in [2.24, 2.45) is 0 Å². The zero-order chi connectivity index (χ0) is 11.7. The van der Waals surface area contributed by atoms with Gasteiger partial charge < -0.3 is 15.0 Å². The van der Waals surface area contributed by atoms with Crippen LogP contribution in [0.5, 0.6) is 0 Å². The first kappa shape index (κ1) is 10.3. The van der Waals surface area contributed by atoms with Crippen molar-refractivity contribution in [1.29, 1.82) is 0 Å². The number of carbonyl (C=O) groups is 1. The summed E-state index contributed by atoms with van der Waals surface area (Å²) < 4.78 is 5.32. The molecule has 5 nitrogen and oxygen atoms in total. The van der Waals surface area contributed by atoms with Gasteiger partial charge in [0.1, 0.15) is 11.8 Å². The third-order valence-corrected chi connectivity index (χ3v) is 2.89. The molecule has 88 valence electrons. The molecule has 2 aromatic rings. The van der Waals surface area contributed by atoms with E-state index in [0.717, 1.165) is 23.9 Å². The molecule has 1 aliphatic rings. The topological polar surface area (TPSA) is 67.0 Å². The van der Waals surface area contributed by atoms with E-state index in [1.807, 2.05) is 18.3 Å². The normalized spacial score (nSPS) is 19.6. The first-order valence-electron chi connectivity index (χ1n) is 5.68. The third kappa shape index (κ3) is 2.01. The van der Waals surface area contributed by atoms with Crippen LogP contribution >= 0.6 is 0 Å². The number of nitrogens with zero attached hydrogens (tertiary/aromatic N) is 1. The standard InChI is InChI=1S/C12H13N3O2/c16-12(10-2-1-5-17-10)15-9-6-8-3-4-13-11(8)14-7-9/h3-4,6-7,10H,1-2,5H2,(H,13,14)(H,15,16). The molecule has 0 spiro atoms. The molecule has 2 N–H and O–H groups in total. The maximum atomic E-state index is 11.8. The summed E-state index contributed by atoms with van der Waals surface area (Å²) in [5.74, 6) is -0.0841. The molecule has 0 bridgehead atoms. The fourth-order valence-electron chi connectivity index (χ4n) is 2.02. The Labute approximate surface area is 98.2 Å². The second-order valence-corrected chi connectivity index (χ2v) is 4.13. The fourth-order valence-corrected chi connectivity index (χ4v) is 2.02. The number of carbonyl (C=O) groups excluding carboxylic acids is 1. The number of pyridine rings is 1. The number of anilines is 1. The molecule has 0 aliphatic carbocycles. The molecule has 1 amide bonds. The van der Waals surface area contributed by atoms with Gasteiger partial charge in [-0.3, -0.25) is 4.79 Å². The highest BCUT2D eigenvalue weighted by atomic mass is 16.5. The summed E-state index contributed by atoms with van der Waals surface area (Å²) in [6, 6.07) is 3.82. The molecule has 3 rings (SSSR count). The van der Waals surface area contributed by atoms with Crippen molar-refractivity contribution < 1.29 is 9.53 Å². The minimum absolute atomic E-state index is 0.0841.